The van der Waals surface area contributed by atoms with Crippen LogP contribution in [0.1, 0.15) is 43.3 Å². The van der Waals surface area contributed by atoms with Gasteiger partial charge in [-0.2, -0.15) is 5.26 Å². The lowest BCUT2D eigenvalue weighted by Crippen LogP contribution is -2.37. The Bertz CT molecular complexity index is 415. The van der Waals surface area contributed by atoms with E-state index in [0.717, 1.165) is 0 Å². The van der Waals surface area contributed by atoms with Gasteiger partial charge >= 0.3 is 0 Å². The molecule has 92 valence electrons. The van der Waals surface area contributed by atoms with Crippen LogP contribution < -0.4 is 0 Å². The Balaban J connectivity index is 2.88. The van der Waals surface area contributed by atoms with E-state index in [9.17, 15) is 4.79 Å². The third-order valence-electron chi connectivity index (χ3n) is 2.65. The molecule has 0 fully saturated rings. The van der Waals surface area contributed by atoms with E-state index < -0.39 is 0 Å². The van der Waals surface area contributed by atoms with Crippen LogP contribution in [0.25, 0.3) is 0 Å². The molecule has 1 heterocycles. The lowest BCUT2D eigenvalue weighted by atomic mass is 10.1. The van der Waals surface area contributed by atoms with Crippen molar-refractivity contribution in [1.29, 1.82) is 5.26 Å². The van der Waals surface area contributed by atoms with Crippen LogP contribution in [-0.2, 0) is 6.42 Å². The number of hydrogen-bond donors (Lipinski definition) is 0. The molecule has 0 bridgehead atoms. The van der Waals surface area contributed by atoms with Crippen molar-refractivity contribution in [3.8, 4) is 6.07 Å². The molecule has 1 amide bonds. The Labute approximate surface area is 102 Å². The van der Waals surface area contributed by atoms with Crippen LogP contribution in [0, 0.1) is 11.3 Å². The molecule has 0 aliphatic heterocycles. The third kappa shape index (κ3) is 3.10. The predicted molar refractivity (Wildman–Crippen MR) is 64.5 cm³/mol. The largest absolute Gasteiger partial charge is 0.469 e. The maximum atomic E-state index is 12.3. The number of rotatable bonds is 5. The highest BCUT2D eigenvalue weighted by atomic mass is 16.3. The minimum Gasteiger partial charge on any atom is -0.469 e. The van der Waals surface area contributed by atoms with E-state index in [2.05, 4.69) is 6.07 Å². The van der Waals surface area contributed by atoms with Gasteiger partial charge in [-0.3, -0.25) is 4.79 Å². The van der Waals surface area contributed by atoms with E-state index in [0.29, 0.717) is 30.7 Å². The van der Waals surface area contributed by atoms with Gasteiger partial charge < -0.3 is 9.32 Å². The lowest BCUT2D eigenvalue weighted by Gasteiger charge is -2.25. The van der Waals surface area contributed by atoms with E-state index in [1.807, 2.05) is 20.8 Å². The first-order valence-electron chi connectivity index (χ1n) is 5.86. The number of hydrogen-bond acceptors (Lipinski definition) is 3. The van der Waals surface area contributed by atoms with Crippen LogP contribution in [0.3, 0.4) is 0 Å². The number of furan rings is 1. The molecule has 1 aromatic rings. The monoisotopic (exact) mass is 234 g/mol. The van der Waals surface area contributed by atoms with Gasteiger partial charge in [0.15, 0.2) is 0 Å². The summed E-state index contributed by atoms with van der Waals surface area (Å²) in [5, 5.41) is 8.60. The Hall–Kier alpha value is -1.76. The van der Waals surface area contributed by atoms with Crippen molar-refractivity contribution in [3.05, 3.63) is 23.7 Å². The van der Waals surface area contributed by atoms with Crippen molar-refractivity contribution in [2.75, 3.05) is 6.54 Å². The summed E-state index contributed by atoms with van der Waals surface area (Å²) in [6.07, 6.45) is 2.58. The van der Waals surface area contributed by atoms with Gasteiger partial charge in [0.25, 0.3) is 5.91 Å². The summed E-state index contributed by atoms with van der Waals surface area (Å²) in [5.74, 6) is 0.651. The molecule has 0 aromatic carbocycles. The smallest absolute Gasteiger partial charge is 0.257 e. The van der Waals surface area contributed by atoms with Crippen molar-refractivity contribution in [2.24, 2.45) is 0 Å². The highest BCUT2D eigenvalue weighted by Crippen LogP contribution is 2.15. The van der Waals surface area contributed by atoms with Crippen LogP contribution in [0.4, 0.5) is 0 Å². The fraction of sp³-hybridized carbons (Fsp3) is 0.538. The average Bonchev–Trinajstić information content (AvgIpc) is 2.76. The van der Waals surface area contributed by atoms with Gasteiger partial charge in [-0.1, -0.05) is 6.92 Å². The third-order valence-corrected chi connectivity index (χ3v) is 2.65. The summed E-state index contributed by atoms with van der Waals surface area (Å²) in [6.45, 7) is 6.30. The first kappa shape index (κ1) is 13.3. The molecule has 1 aromatic heterocycles. The molecule has 0 aliphatic carbocycles. The SMILES string of the molecule is CCc1occc1C(=O)N(CCC#N)C(C)C. The van der Waals surface area contributed by atoms with E-state index in [-0.39, 0.29) is 11.9 Å². The summed E-state index contributed by atoms with van der Waals surface area (Å²) < 4.78 is 5.26. The summed E-state index contributed by atoms with van der Waals surface area (Å²) in [5.41, 5.74) is 0.610. The van der Waals surface area contributed by atoms with E-state index >= 15 is 0 Å². The van der Waals surface area contributed by atoms with Gasteiger partial charge in [-0.25, -0.2) is 0 Å². The van der Waals surface area contributed by atoms with E-state index in [1.165, 1.54) is 6.26 Å². The summed E-state index contributed by atoms with van der Waals surface area (Å²) >= 11 is 0. The van der Waals surface area contributed by atoms with Gasteiger partial charge in [-0.05, 0) is 19.9 Å². The standard InChI is InChI=1S/C13H18N2O2/c1-4-12-11(6-9-17-12)13(16)15(10(2)3)8-5-7-14/h6,9-10H,4-5,8H2,1-3H3. The molecule has 0 unspecified atom stereocenters. The zero-order valence-corrected chi connectivity index (χ0v) is 10.6. The Morgan fingerprint density at radius 3 is 2.82 bits per heavy atom. The molecule has 0 radical (unpaired) electrons. The molecule has 0 spiro atoms. The molecule has 4 nitrogen and oxygen atoms in total. The van der Waals surface area contributed by atoms with Crippen molar-refractivity contribution >= 4 is 5.91 Å². The normalized spacial score (nSPS) is 10.3. The second-order valence-electron chi connectivity index (χ2n) is 4.11. The molecule has 0 N–H and O–H groups in total. The van der Waals surface area contributed by atoms with E-state index in [1.54, 1.807) is 11.0 Å². The number of nitriles is 1. The highest BCUT2D eigenvalue weighted by molar-refractivity contribution is 5.95. The lowest BCUT2D eigenvalue weighted by molar-refractivity contribution is 0.0708. The van der Waals surface area contributed by atoms with Gasteiger partial charge in [-0.15, -0.1) is 0 Å². The van der Waals surface area contributed by atoms with Gasteiger partial charge in [0.05, 0.1) is 24.3 Å². The number of amides is 1. The molecular formula is C13H18N2O2. The summed E-state index contributed by atoms with van der Waals surface area (Å²) in [6, 6.07) is 3.84. The average molecular weight is 234 g/mol. The molecule has 17 heavy (non-hydrogen) atoms. The zero-order chi connectivity index (χ0) is 12.8. The van der Waals surface area contributed by atoms with Crippen molar-refractivity contribution < 1.29 is 9.21 Å². The number of carbonyl (C=O) groups excluding carboxylic acids is 1. The van der Waals surface area contributed by atoms with Crippen LogP contribution in [0.15, 0.2) is 16.7 Å². The number of carbonyl (C=O) groups is 1. The molecule has 0 aliphatic rings. The van der Waals surface area contributed by atoms with E-state index in [4.69, 9.17) is 9.68 Å². The molecule has 4 heteroatoms. The van der Waals surface area contributed by atoms with Crippen LogP contribution >= 0.6 is 0 Å². The Kier molecular flexibility index (Phi) is 4.77. The van der Waals surface area contributed by atoms with Gasteiger partial charge in [0, 0.05) is 19.0 Å². The summed E-state index contributed by atoms with van der Waals surface area (Å²) in [4.78, 5) is 14.0. The molecule has 1 rings (SSSR count). The Morgan fingerprint density at radius 1 is 1.59 bits per heavy atom. The van der Waals surface area contributed by atoms with Crippen LogP contribution in [-0.4, -0.2) is 23.4 Å². The van der Waals surface area contributed by atoms with Gasteiger partial charge in [0.2, 0.25) is 0 Å². The van der Waals surface area contributed by atoms with Gasteiger partial charge in [0.1, 0.15) is 5.76 Å². The second-order valence-corrected chi connectivity index (χ2v) is 4.11. The van der Waals surface area contributed by atoms with Crippen molar-refractivity contribution in [2.45, 2.75) is 39.7 Å². The predicted octanol–water partition coefficient (Wildman–Crippen LogP) is 2.61. The van der Waals surface area contributed by atoms with Crippen molar-refractivity contribution in [3.63, 3.8) is 0 Å². The number of aryl methyl sites for hydroxylation is 1. The Morgan fingerprint density at radius 2 is 2.29 bits per heavy atom. The summed E-state index contributed by atoms with van der Waals surface area (Å²) in [7, 11) is 0. The maximum Gasteiger partial charge on any atom is 0.257 e. The fourth-order valence-electron chi connectivity index (χ4n) is 1.72. The minimum absolute atomic E-state index is 0.0548. The fourth-order valence-corrected chi connectivity index (χ4v) is 1.72. The molecule has 0 saturated heterocycles. The molecule has 0 saturated carbocycles. The van der Waals surface area contributed by atoms with Crippen molar-refractivity contribution in [1.82, 2.24) is 4.90 Å². The number of nitrogens with zero attached hydrogens (tertiary/aromatic N) is 2. The topological polar surface area (TPSA) is 57.2 Å². The maximum absolute atomic E-state index is 12.3. The first-order valence-corrected chi connectivity index (χ1v) is 5.86. The molecule has 0 atom stereocenters. The highest BCUT2D eigenvalue weighted by Gasteiger charge is 2.22. The first-order chi connectivity index (χ1) is 8.11. The zero-order valence-electron chi connectivity index (χ0n) is 10.6. The van der Waals surface area contributed by atoms with Crippen LogP contribution in [0.5, 0.6) is 0 Å². The quantitative estimate of drug-likeness (QED) is 0.786. The van der Waals surface area contributed by atoms with Crippen LogP contribution in [0.2, 0.25) is 0 Å². The second kappa shape index (κ2) is 6.09. The minimum atomic E-state index is -0.0548. The molecular weight excluding hydrogens is 216 g/mol.